The molecule has 0 heterocycles. The molecule has 0 N–H and O–H groups in total. The van der Waals surface area contributed by atoms with Crippen molar-refractivity contribution in [2.75, 3.05) is 0 Å². The van der Waals surface area contributed by atoms with Gasteiger partial charge in [-0.05, 0) is 19.1 Å². The number of rotatable bonds is 2. The zero-order valence-electron chi connectivity index (χ0n) is 6.47. The van der Waals surface area contributed by atoms with Crippen LogP contribution in [0.4, 0.5) is 5.69 Å². The molecule has 0 saturated heterocycles. The maximum atomic E-state index is 9.78. The average molecular weight is 165 g/mol. The summed E-state index contributed by atoms with van der Waals surface area (Å²) < 4.78 is 0. The second kappa shape index (κ2) is 3.56. The van der Waals surface area contributed by atoms with Gasteiger partial charge in [-0.15, -0.1) is 0 Å². The van der Waals surface area contributed by atoms with Gasteiger partial charge in [0.2, 0.25) is 5.69 Å². The van der Waals surface area contributed by atoms with Crippen LogP contribution < -0.4 is 0 Å². The molecule has 0 amide bonds. The first kappa shape index (κ1) is 8.32. The molecule has 0 atom stereocenters. The Morgan fingerprint density at radius 3 is 2.42 bits per heavy atom. The predicted octanol–water partition coefficient (Wildman–Crippen LogP) is 2.27. The van der Waals surface area contributed by atoms with Crippen LogP contribution in [0.15, 0.2) is 34.6 Å². The largest absolute Gasteiger partial charge is 0.337 e. The summed E-state index contributed by atoms with van der Waals surface area (Å²) in [6.45, 7) is 1.93. The lowest BCUT2D eigenvalue weighted by atomic mass is 10.2. The number of nitrogens with zero attached hydrogens (tertiary/aromatic N) is 3. The van der Waals surface area contributed by atoms with Crippen LogP contribution >= 0.6 is 0 Å². The Bertz CT molecular complexity index is 305. The van der Waals surface area contributed by atoms with E-state index in [1.807, 2.05) is 19.1 Å². The minimum absolute atomic E-state index is 0.484. The van der Waals surface area contributed by atoms with Gasteiger partial charge in [0.15, 0.2) is 5.22 Å². The smallest absolute Gasteiger partial charge is 0.203 e. The fourth-order valence-electron chi connectivity index (χ4n) is 0.700. The summed E-state index contributed by atoms with van der Waals surface area (Å²) in [7, 11) is 0. The predicted molar refractivity (Wildman–Crippen MR) is 42.7 cm³/mol. The molecule has 0 bridgehead atoms. The van der Waals surface area contributed by atoms with Gasteiger partial charge in [0.05, 0.1) is 10.1 Å². The van der Waals surface area contributed by atoms with E-state index >= 15 is 0 Å². The molecular formula is C7H7N3O2. The first-order valence-electron chi connectivity index (χ1n) is 3.31. The van der Waals surface area contributed by atoms with Gasteiger partial charge < -0.3 is 10.1 Å². The van der Waals surface area contributed by atoms with E-state index in [0.717, 1.165) is 5.56 Å². The Kier molecular flexibility index (Phi) is 2.47. The molecule has 1 aromatic rings. The molecule has 1 rings (SSSR count). The van der Waals surface area contributed by atoms with Crippen molar-refractivity contribution in [1.29, 1.82) is 0 Å². The van der Waals surface area contributed by atoms with Crippen molar-refractivity contribution in [2.24, 2.45) is 10.3 Å². The highest BCUT2D eigenvalue weighted by Gasteiger charge is 1.95. The van der Waals surface area contributed by atoms with E-state index in [4.69, 9.17) is 0 Å². The van der Waals surface area contributed by atoms with E-state index in [2.05, 4.69) is 10.3 Å². The molecule has 0 unspecified atom stereocenters. The van der Waals surface area contributed by atoms with Crippen LogP contribution in [0.1, 0.15) is 5.56 Å². The number of hydrogen-bond donors (Lipinski definition) is 0. The molecule has 0 saturated carbocycles. The highest BCUT2D eigenvalue weighted by molar-refractivity contribution is 5.37. The van der Waals surface area contributed by atoms with Gasteiger partial charge in [-0.2, -0.15) is 0 Å². The van der Waals surface area contributed by atoms with Gasteiger partial charge in [-0.25, -0.2) is 0 Å². The molecule has 5 heteroatoms. The van der Waals surface area contributed by atoms with E-state index in [9.17, 15) is 10.1 Å². The first-order valence-corrected chi connectivity index (χ1v) is 3.31. The standard InChI is InChI=1S/C7H7N3O2/c1-6-2-4-7(5-3-6)8-9-10(11)12/h2-5H,1H3. The Labute approximate surface area is 68.9 Å². The monoisotopic (exact) mass is 165 g/mol. The summed E-state index contributed by atoms with van der Waals surface area (Å²) in [5, 5.41) is 15.1. The summed E-state index contributed by atoms with van der Waals surface area (Å²) in [5.41, 5.74) is 1.56. The third-order valence-electron chi connectivity index (χ3n) is 1.27. The van der Waals surface area contributed by atoms with Gasteiger partial charge in [0.25, 0.3) is 0 Å². The van der Waals surface area contributed by atoms with Crippen LogP contribution in [-0.4, -0.2) is 5.03 Å². The highest BCUT2D eigenvalue weighted by Crippen LogP contribution is 2.12. The van der Waals surface area contributed by atoms with Crippen molar-refractivity contribution in [3.8, 4) is 0 Å². The number of nitro groups is 1. The normalized spacial score (nSPS) is 10.4. The fraction of sp³-hybridized carbons (Fsp3) is 0.143. The van der Waals surface area contributed by atoms with E-state index in [1.165, 1.54) is 0 Å². The molecule has 1 aromatic carbocycles. The Morgan fingerprint density at radius 2 is 1.92 bits per heavy atom. The van der Waals surface area contributed by atoms with Gasteiger partial charge in [0.1, 0.15) is 0 Å². The second-order valence-electron chi connectivity index (χ2n) is 2.26. The number of aryl methyl sites for hydroxylation is 1. The van der Waals surface area contributed by atoms with Crippen molar-refractivity contribution >= 4 is 5.69 Å². The van der Waals surface area contributed by atoms with Gasteiger partial charge in [-0.3, -0.25) is 0 Å². The van der Waals surface area contributed by atoms with Crippen molar-refractivity contribution < 1.29 is 5.03 Å². The van der Waals surface area contributed by atoms with Crippen LogP contribution in [0.25, 0.3) is 0 Å². The molecule has 0 aromatic heterocycles. The minimum Gasteiger partial charge on any atom is -0.337 e. The second-order valence-corrected chi connectivity index (χ2v) is 2.26. The van der Waals surface area contributed by atoms with Gasteiger partial charge in [-0.1, -0.05) is 17.7 Å². The minimum atomic E-state index is -0.833. The van der Waals surface area contributed by atoms with Crippen molar-refractivity contribution in [3.63, 3.8) is 0 Å². The van der Waals surface area contributed by atoms with Crippen LogP contribution in [0.5, 0.6) is 0 Å². The topological polar surface area (TPSA) is 67.9 Å². The van der Waals surface area contributed by atoms with Crippen LogP contribution in [0.2, 0.25) is 0 Å². The molecular weight excluding hydrogens is 158 g/mol. The quantitative estimate of drug-likeness (QED) is 0.383. The summed E-state index contributed by atoms with van der Waals surface area (Å²) in [5.74, 6) is 0. The van der Waals surface area contributed by atoms with E-state index < -0.39 is 5.03 Å². The van der Waals surface area contributed by atoms with Gasteiger partial charge in [0, 0.05) is 0 Å². The zero-order valence-corrected chi connectivity index (χ0v) is 6.47. The van der Waals surface area contributed by atoms with E-state index in [-0.39, 0.29) is 0 Å². The molecule has 5 nitrogen and oxygen atoms in total. The molecule has 0 aliphatic carbocycles. The Morgan fingerprint density at radius 1 is 1.33 bits per heavy atom. The maximum Gasteiger partial charge on any atom is 0.203 e. The Balaban J connectivity index is 2.77. The lowest BCUT2D eigenvalue weighted by molar-refractivity contribution is -0.493. The average Bonchev–Trinajstić information content (AvgIpc) is 2.03. The fourth-order valence-corrected chi connectivity index (χ4v) is 0.700. The number of hydrogen-bond acceptors (Lipinski definition) is 3. The highest BCUT2D eigenvalue weighted by atomic mass is 16.7. The summed E-state index contributed by atoms with van der Waals surface area (Å²) in [6, 6.07) is 6.97. The van der Waals surface area contributed by atoms with Crippen molar-refractivity contribution in [2.45, 2.75) is 6.92 Å². The van der Waals surface area contributed by atoms with E-state index in [1.54, 1.807) is 12.1 Å². The lowest BCUT2D eigenvalue weighted by Gasteiger charge is -1.86. The third kappa shape index (κ3) is 2.45. The summed E-state index contributed by atoms with van der Waals surface area (Å²) in [6.07, 6.45) is 0. The maximum absolute atomic E-state index is 9.78. The first-order chi connectivity index (χ1) is 5.68. The van der Waals surface area contributed by atoms with E-state index in [0.29, 0.717) is 5.69 Å². The Hall–Kier alpha value is -1.78. The molecule has 0 radical (unpaired) electrons. The molecule has 62 valence electrons. The third-order valence-corrected chi connectivity index (χ3v) is 1.27. The SMILES string of the molecule is Cc1ccc(N=N[N+](=O)[O-])cc1. The van der Waals surface area contributed by atoms with Crippen LogP contribution in [0.3, 0.4) is 0 Å². The van der Waals surface area contributed by atoms with Crippen LogP contribution in [0, 0.1) is 17.0 Å². The lowest BCUT2D eigenvalue weighted by Crippen LogP contribution is -1.80. The molecule has 0 aliphatic heterocycles. The molecule has 0 spiro atoms. The zero-order chi connectivity index (χ0) is 8.97. The van der Waals surface area contributed by atoms with Crippen LogP contribution in [-0.2, 0) is 0 Å². The van der Waals surface area contributed by atoms with Gasteiger partial charge >= 0.3 is 0 Å². The summed E-state index contributed by atoms with van der Waals surface area (Å²) in [4.78, 5) is 9.78. The molecule has 12 heavy (non-hydrogen) atoms. The number of benzene rings is 1. The molecule has 0 aliphatic rings. The van der Waals surface area contributed by atoms with Crippen molar-refractivity contribution in [1.82, 2.24) is 0 Å². The summed E-state index contributed by atoms with van der Waals surface area (Å²) >= 11 is 0. The molecule has 0 fully saturated rings. The van der Waals surface area contributed by atoms with Crippen molar-refractivity contribution in [3.05, 3.63) is 39.9 Å².